The molecule has 0 aliphatic carbocycles. The number of rotatable bonds is 3. The van der Waals surface area contributed by atoms with Crippen LogP contribution in [0.5, 0.6) is 0 Å². The Morgan fingerprint density at radius 2 is 2.05 bits per heavy atom. The number of fused-ring (bicyclic) bond motifs is 1. The average Bonchev–Trinajstić information content (AvgIpc) is 2.83. The Labute approximate surface area is 123 Å². The molecule has 0 aliphatic heterocycles. The molecular formula is C15H12BrNOS. The third-order valence-corrected chi connectivity index (χ3v) is 4.70. The number of aromatic nitrogens is 1. The van der Waals surface area contributed by atoms with Gasteiger partial charge in [-0.15, -0.1) is 11.3 Å². The number of aliphatic hydroxyl groups excluding tert-OH is 1. The van der Waals surface area contributed by atoms with Crippen molar-refractivity contribution in [2.45, 2.75) is 12.5 Å². The molecule has 0 fully saturated rings. The van der Waals surface area contributed by atoms with Gasteiger partial charge in [-0.2, -0.15) is 0 Å². The number of thiophene rings is 1. The summed E-state index contributed by atoms with van der Waals surface area (Å²) in [6.45, 7) is 0. The van der Waals surface area contributed by atoms with Gasteiger partial charge in [0, 0.05) is 26.5 Å². The second-order valence-electron chi connectivity index (χ2n) is 4.38. The molecule has 3 rings (SSSR count). The largest absolute Gasteiger partial charge is 0.386 e. The smallest absolute Gasteiger partial charge is 0.101 e. The summed E-state index contributed by atoms with van der Waals surface area (Å²) in [6.07, 6.45) is 0.0388. The van der Waals surface area contributed by atoms with Gasteiger partial charge in [-0.1, -0.05) is 24.3 Å². The van der Waals surface area contributed by atoms with Crippen LogP contribution in [-0.2, 0) is 6.42 Å². The monoisotopic (exact) mass is 333 g/mol. The molecule has 1 N–H and O–H groups in total. The van der Waals surface area contributed by atoms with Crippen molar-refractivity contribution in [3.05, 3.63) is 62.9 Å². The molecule has 2 heterocycles. The second kappa shape index (κ2) is 5.41. The minimum Gasteiger partial charge on any atom is -0.386 e. The number of halogens is 1. The summed E-state index contributed by atoms with van der Waals surface area (Å²) in [5.41, 5.74) is 1.65. The van der Waals surface area contributed by atoms with Gasteiger partial charge in [0.05, 0.1) is 11.2 Å². The van der Waals surface area contributed by atoms with Gasteiger partial charge in [0.15, 0.2) is 0 Å². The molecule has 1 atom stereocenters. The van der Waals surface area contributed by atoms with Crippen LogP contribution in [0.2, 0.25) is 0 Å². The Morgan fingerprint density at radius 1 is 1.21 bits per heavy atom. The van der Waals surface area contributed by atoms with Gasteiger partial charge in [0.25, 0.3) is 0 Å². The predicted octanol–water partition coefficient (Wildman–Crippen LogP) is 4.33. The van der Waals surface area contributed by atoms with Gasteiger partial charge in [-0.3, -0.25) is 4.98 Å². The highest BCUT2D eigenvalue weighted by molar-refractivity contribution is 9.10. The minimum absolute atomic E-state index is 0.560. The van der Waals surface area contributed by atoms with E-state index in [1.165, 1.54) is 0 Å². The SMILES string of the molecule is OC(Cc1cc(Br)cs1)c1ccc2ccccc2n1. The first-order valence-corrected chi connectivity index (χ1v) is 7.66. The van der Waals surface area contributed by atoms with Crippen LogP contribution in [0, 0.1) is 0 Å². The van der Waals surface area contributed by atoms with Crippen molar-refractivity contribution in [3.63, 3.8) is 0 Å². The summed E-state index contributed by atoms with van der Waals surface area (Å²) < 4.78 is 1.06. The highest BCUT2D eigenvalue weighted by Crippen LogP contribution is 2.25. The van der Waals surface area contributed by atoms with Crippen LogP contribution in [-0.4, -0.2) is 10.1 Å². The number of hydrogen-bond donors (Lipinski definition) is 1. The standard InChI is InChI=1S/C15H12BrNOS/c16-11-7-12(19-9-11)8-15(18)14-6-5-10-3-1-2-4-13(10)17-14/h1-7,9,15,18H,8H2. The molecule has 96 valence electrons. The van der Waals surface area contributed by atoms with Gasteiger partial charge >= 0.3 is 0 Å². The molecule has 19 heavy (non-hydrogen) atoms. The van der Waals surface area contributed by atoms with Crippen LogP contribution in [0.4, 0.5) is 0 Å². The molecule has 4 heteroatoms. The first kappa shape index (κ1) is 12.8. The highest BCUT2D eigenvalue weighted by Gasteiger charge is 2.12. The Kier molecular flexibility index (Phi) is 3.64. The maximum Gasteiger partial charge on any atom is 0.101 e. The molecular weight excluding hydrogens is 322 g/mol. The number of aliphatic hydroxyl groups is 1. The normalized spacial score (nSPS) is 12.7. The lowest BCUT2D eigenvalue weighted by Crippen LogP contribution is -2.03. The summed E-state index contributed by atoms with van der Waals surface area (Å²) in [4.78, 5) is 5.67. The predicted molar refractivity (Wildman–Crippen MR) is 82.4 cm³/mol. The van der Waals surface area contributed by atoms with Crippen molar-refractivity contribution in [1.82, 2.24) is 4.98 Å². The van der Waals surface area contributed by atoms with E-state index in [-0.39, 0.29) is 0 Å². The first-order valence-electron chi connectivity index (χ1n) is 5.99. The molecule has 0 aliphatic rings. The third kappa shape index (κ3) is 2.86. The third-order valence-electron chi connectivity index (χ3n) is 2.98. The maximum absolute atomic E-state index is 10.3. The van der Waals surface area contributed by atoms with Crippen molar-refractivity contribution in [2.24, 2.45) is 0 Å². The van der Waals surface area contributed by atoms with E-state index < -0.39 is 6.10 Å². The Morgan fingerprint density at radius 3 is 2.84 bits per heavy atom. The van der Waals surface area contributed by atoms with E-state index in [9.17, 15) is 5.11 Å². The second-order valence-corrected chi connectivity index (χ2v) is 6.29. The minimum atomic E-state index is -0.560. The molecule has 0 amide bonds. The zero-order valence-corrected chi connectivity index (χ0v) is 12.5. The molecule has 0 radical (unpaired) electrons. The van der Waals surface area contributed by atoms with Crippen molar-refractivity contribution < 1.29 is 5.11 Å². The molecule has 0 bridgehead atoms. The average molecular weight is 334 g/mol. The number of pyridine rings is 1. The molecule has 0 spiro atoms. The number of benzene rings is 1. The summed E-state index contributed by atoms with van der Waals surface area (Å²) in [7, 11) is 0. The number of nitrogens with zero attached hydrogens (tertiary/aromatic N) is 1. The highest BCUT2D eigenvalue weighted by atomic mass is 79.9. The van der Waals surface area contributed by atoms with E-state index in [0.717, 1.165) is 25.9 Å². The summed E-state index contributed by atoms with van der Waals surface area (Å²) >= 11 is 5.07. The van der Waals surface area contributed by atoms with Gasteiger partial charge in [0.1, 0.15) is 6.10 Å². The maximum atomic E-state index is 10.3. The molecule has 2 aromatic heterocycles. The number of para-hydroxylation sites is 1. The van der Waals surface area contributed by atoms with Crippen LogP contribution >= 0.6 is 27.3 Å². The van der Waals surface area contributed by atoms with Gasteiger partial charge in [-0.05, 0) is 34.1 Å². The number of hydrogen-bond acceptors (Lipinski definition) is 3. The van der Waals surface area contributed by atoms with Crippen molar-refractivity contribution in [1.29, 1.82) is 0 Å². The van der Waals surface area contributed by atoms with E-state index in [1.807, 2.05) is 47.8 Å². The van der Waals surface area contributed by atoms with Crippen LogP contribution in [0.1, 0.15) is 16.7 Å². The molecule has 3 aromatic rings. The van der Waals surface area contributed by atoms with E-state index in [1.54, 1.807) is 11.3 Å². The quantitative estimate of drug-likeness (QED) is 0.773. The summed E-state index contributed by atoms with van der Waals surface area (Å²) in [5, 5.41) is 13.4. The zero-order chi connectivity index (χ0) is 13.2. The Hall–Kier alpha value is -1.23. The van der Waals surface area contributed by atoms with E-state index in [4.69, 9.17) is 0 Å². The fraction of sp³-hybridized carbons (Fsp3) is 0.133. The fourth-order valence-electron chi connectivity index (χ4n) is 2.02. The van der Waals surface area contributed by atoms with Crippen molar-refractivity contribution >= 4 is 38.2 Å². The lowest BCUT2D eigenvalue weighted by atomic mass is 10.1. The van der Waals surface area contributed by atoms with Crippen LogP contribution in [0.3, 0.4) is 0 Å². The van der Waals surface area contributed by atoms with Gasteiger partial charge in [-0.25, -0.2) is 0 Å². The molecule has 2 nitrogen and oxygen atoms in total. The van der Waals surface area contributed by atoms with Crippen molar-refractivity contribution in [3.8, 4) is 0 Å². The van der Waals surface area contributed by atoms with Crippen molar-refractivity contribution in [2.75, 3.05) is 0 Å². The molecule has 1 aromatic carbocycles. The topological polar surface area (TPSA) is 33.1 Å². The summed E-state index contributed by atoms with van der Waals surface area (Å²) in [6, 6.07) is 13.9. The van der Waals surface area contributed by atoms with E-state index in [2.05, 4.69) is 20.9 Å². The molecule has 0 saturated carbocycles. The van der Waals surface area contributed by atoms with Crippen LogP contribution in [0.25, 0.3) is 10.9 Å². The van der Waals surface area contributed by atoms with Gasteiger partial charge in [0.2, 0.25) is 0 Å². The summed E-state index contributed by atoms with van der Waals surface area (Å²) in [5.74, 6) is 0. The Balaban J connectivity index is 1.86. The lowest BCUT2D eigenvalue weighted by Gasteiger charge is -2.09. The molecule has 1 unspecified atom stereocenters. The van der Waals surface area contributed by atoms with E-state index in [0.29, 0.717) is 6.42 Å². The Bertz CT molecular complexity index is 710. The zero-order valence-electron chi connectivity index (χ0n) is 10.1. The molecule has 0 saturated heterocycles. The van der Waals surface area contributed by atoms with Gasteiger partial charge < -0.3 is 5.11 Å². The first-order chi connectivity index (χ1) is 9.22. The fourth-order valence-corrected chi connectivity index (χ4v) is 3.51. The van der Waals surface area contributed by atoms with Crippen LogP contribution in [0.15, 0.2) is 52.3 Å². The van der Waals surface area contributed by atoms with Crippen LogP contribution < -0.4 is 0 Å². The lowest BCUT2D eigenvalue weighted by molar-refractivity contribution is 0.175. The van der Waals surface area contributed by atoms with E-state index >= 15 is 0 Å².